The van der Waals surface area contributed by atoms with Crippen LogP contribution in [0.3, 0.4) is 0 Å². The minimum atomic E-state index is -0.451. The van der Waals surface area contributed by atoms with Crippen molar-refractivity contribution in [2.75, 3.05) is 27.2 Å². The summed E-state index contributed by atoms with van der Waals surface area (Å²) >= 11 is 3.47. The molecule has 0 fully saturated rings. The van der Waals surface area contributed by atoms with E-state index < -0.39 is 5.60 Å². The predicted octanol–water partition coefficient (Wildman–Crippen LogP) is 3.75. The fourth-order valence-electron chi connectivity index (χ4n) is 1.78. The average Bonchev–Trinajstić information content (AvgIpc) is 2.33. The van der Waals surface area contributed by atoms with E-state index in [-0.39, 0.29) is 6.09 Å². The topological polar surface area (TPSA) is 32.8 Å². The molecule has 0 bridgehead atoms. The van der Waals surface area contributed by atoms with Crippen LogP contribution in [0.4, 0.5) is 4.79 Å². The molecule has 0 atom stereocenters. The van der Waals surface area contributed by atoms with Gasteiger partial charge in [-0.3, -0.25) is 0 Å². The van der Waals surface area contributed by atoms with Crippen LogP contribution in [0.5, 0.6) is 0 Å². The average molecular weight is 357 g/mol. The summed E-state index contributed by atoms with van der Waals surface area (Å²) in [4.78, 5) is 15.7. The van der Waals surface area contributed by atoms with E-state index in [0.29, 0.717) is 6.54 Å². The summed E-state index contributed by atoms with van der Waals surface area (Å²) in [7, 11) is 3.81. The Hall–Kier alpha value is -1.07. The van der Waals surface area contributed by atoms with Crippen molar-refractivity contribution in [2.45, 2.75) is 32.9 Å². The second-order valence-electron chi connectivity index (χ2n) is 6.27. The SMILES string of the molecule is CN(CCN(C)C(=O)OC(C)(C)C)Cc1cccc(Br)c1. The lowest BCUT2D eigenvalue weighted by atomic mass is 10.2. The van der Waals surface area contributed by atoms with Crippen molar-refractivity contribution >= 4 is 22.0 Å². The highest BCUT2D eigenvalue weighted by molar-refractivity contribution is 9.10. The van der Waals surface area contributed by atoms with E-state index in [9.17, 15) is 4.79 Å². The van der Waals surface area contributed by atoms with Crippen LogP contribution >= 0.6 is 15.9 Å². The van der Waals surface area contributed by atoms with E-state index in [4.69, 9.17) is 4.74 Å². The molecule has 1 rings (SSSR count). The fourth-order valence-corrected chi connectivity index (χ4v) is 2.22. The van der Waals surface area contributed by atoms with Gasteiger partial charge in [0.2, 0.25) is 0 Å². The number of carbonyl (C=O) groups is 1. The second-order valence-corrected chi connectivity index (χ2v) is 7.19. The van der Waals surface area contributed by atoms with Crippen LogP contribution in [0.2, 0.25) is 0 Å². The normalized spacial score (nSPS) is 11.6. The van der Waals surface area contributed by atoms with Gasteiger partial charge in [-0.1, -0.05) is 28.1 Å². The Bertz CT molecular complexity index is 472. The molecule has 0 aliphatic carbocycles. The fraction of sp³-hybridized carbons (Fsp3) is 0.562. The minimum Gasteiger partial charge on any atom is -0.444 e. The summed E-state index contributed by atoms with van der Waals surface area (Å²) in [6, 6.07) is 8.24. The van der Waals surface area contributed by atoms with Gasteiger partial charge in [0.1, 0.15) is 5.60 Å². The lowest BCUT2D eigenvalue weighted by molar-refractivity contribution is 0.0286. The smallest absolute Gasteiger partial charge is 0.410 e. The van der Waals surface area contributed by atoms with Gasteiger partial charge in [-0.15, -0.1) is 0 Å². The first kappa shape index (κ1) is 18.0. The van der Waals surface area contributed by atoms with Crippen molar-refractivity contribution in [1.29, 1.82) is 0 Å². The highest BCUT2D eigenvalue weighted by atomic mass is 79.9. The molecular weight excluding hydrogens is 332 g/mol. The molecule has 0 aliphatic heterocycles. The van der Waals surface area contributed by atoms with Gasteiger partial charge in [-0.25, -0.2) is 4.79 Å². The Morgan fingerprint density at radius 1 is 1.24 bits per heavy atom. The van der Waals surface area contributed by atoms with E-state index in [1.807, 2.05) is 40.0 Å². The zero-order valence-electron chi connectivity index (χ0n) is 13.5. The molecule has 1 aromatic carbocycles. The molecule has 0 unspecified atom stereocenters. The first-order valence-electron chi connectivity index (χ1n) is 7.04. The first-order valence-corrected chi connectivity index (χ1v) is 7.84. The van der Waals surface area contributed by atoms with Crippen LogP contribution < -0.4 is 0 Å². The standard InChI is InChI=1S/C16H25BrN2O2/c1-16(2,3)21-15(20)19(5)10-9-18(4)12-13-7-6-8-14(17)11-13/h6-8,11H,9-10,12H2,1-5H3. The molecule has 0 heterocycles. The lowest BCUT2D eigenvalue weighted by Crippen LogP contribution is -2.38. The molecule has 4 nitrogen and oxygen atoms in total. The summed E-state index contributed by atoms with van der Waals surface area (Å²) in [6.45, 7) is 7.90. The number of hydrogen-bond acceptors (Lipinski definition) is 3. The molecule has 0 N–H and O–H groups in total. The summed E-state index contributed by atoms with van der Waals surface area (Å²) < 4.78 is 6.41. The Morgan fingerprint density at radius 3 is 2.48 bits per heavy atom. The van der Waals surface area contributed by atoms with Crippen molar-refractivity contribution in [3.63, 3.8) is 0 Å². The number of ether oxygens (including phenoxy) is 1. The number of halogens is 1. The van der Waals surface area contributed by atoms with Gasteiger partial charge < -0.3 is 14.5 Å². The Morgan fingerprint density at radius 2 is 1.90 bits per heavy atom. The number of rotatable bonds is 5. The van der Waals surface area contributed by atoms with Crippen LogP contribution in [0.1, 0.15) is 26.3 Å². The molecule has 0 radical (unpaired) electrons. The van der Waals surface area contributed by atoms with E-state index in [2.05, 4.69) is 33.0 Å². The maximum Gasteiger partial charge on any atom is 0.410 e. The van der Waals surface area contributed by atoms with Crippen molar-refractivity contribution in [3.8, 4) is 0 Å². The van der Waals surface area contributed by atoms with Gasteiger partial charge in [-0.05, 0) is 45.5 Å². The second kappa shape index (κ2) is 7.80. The van der Waals surface area contributed by atoms with Crippen molar-refractivity contribution in [2.24, 2.45) is 0 Å². The van der Waals surface area contributed by atoms with Crippen LogP contribution in [-0.4, -0.2) is 48.7 Å². The third-order valence-corrected chi connectivity index (χ3v) is 3.36. The predicted molar refractivity (Wildman–Crippen MR) is 89.3 cm³/mol. The molecule has 1 aromatic rings. The Kier molecular flexibility index (Phi) is 6.68. The molecule has 0 aromatic heterocycles. The van der Waals surface area contributed by atoms with Gasteiger partial charge >= 0.3 is 6.09 Å². The minimum absolute atomic E-state index is 0.279. The molecular formula is C16H25BrN2O2. The van der Waals surface area contributed by atoms with E-state index in [1.165, 1.54) is 5.56 Å². The van der Waals surface area contributed by atoms with Gasteiger partial charge in [0.05, 0.1) is 0 Å². The number of amides is 1. The third-order valence-electron chi connectivity index (χ3n) is 2.86. The maximum atomic E-state index is 11.9. The zero-order chi connectivity index (χ0) is 16.0. The number of hydrogen-bond donors (Lipinski definition) is 0. The van der Waals surface area contributed by atoms with E-state index in [1.54, 1.807) is 11.9 Å². The molecule has 0 spiro atoms. The molecule has 1 amide bonds. The first-order chi connectivity index (χ1) is 9.67. The maximum absolute atomic E-state index is 11.9. The van der Waals surface area contributed by atoms with Gasteiger partial charge in [-0.2, -0.15) is 0 Å². The summed E-state index contributed by atoms with van der Waals surface area (Å²) in [6.07, 6.45) is -0.279. The van der Waals surface area contributed by atoms with E-state index in [0.717, 1.165) is 17.6 Å². The van der Waals surface area contributed by atoms with E-state index >= 15 is 0 Å². The van der Waals surface area contributed by atoms with Gasteiger partial charge in [0, 0.05) is 31.2 Å². The van der Waals surface area contributed by atoms with Crippen LogP contribution in [-0.2, 0) is 11.3 Å². The Balaban J connectivity index is 2.38. The third kappa shape index (κ3) is 7.48. The van der Waals surface area contributed by atoms with Crippen molar-refractivity contribution in [3.05, 3.63) is 34.3 Å². The largest absolute Gasteiger partial charge is 0.444 e. The highest BCUT2D eigenvalue weighted by Gasteiger charge is 2.19. The van der Waals surface area contributed by atoms with Crippen molar-refractivity contribution < 1.29 is 9.53 Å². The van der Waals surface area contributed by atoms with Crippen LogP contribution in [0.15, 0.2) is 28.7 Å². The Labute approximate surface area is 136 Å². The summed E-state index contributed by atoms with van der Waals surface area (Å²) in [5.41, 5.74) is 0.792. The molecule has 0 aliphatic rings. The quantitative estimate of drug-likeness (QED) is 0.805. The summed E-state index contributed by atoms with van der Waals surface area (Å²) in [5.74, 6) is 0. The molecule has 0 saturated heterocycles. The van der Waals surface area contributed by atoms with Gasteiger partial charge in [0.25, 0.3) is 0 Å². The number of benzene rings is 1. The van der Waals surface area contributed by atoms with Crippen LogP contribution in [0, 0.1) is 0 Å². The highest BCUT2D eigenvalue weighted by Crippen LogP contribution is 2.13. The van der Waals surface area contributed by atoms with Gasteiger partial charge in [0.15, 0.2) is 0 Å². The molecule has 21 heavy (non-hydrogen) atoms. The lowest BCUT2D eigenvalue weighted by Gasteiger charge is -2.26. The number of carbonyl (C=O) groups excluding carboxylic acids is 1. The monoisotopic (exact) mass is 356 g/mol. The molecule has 0 saturated carbocycles. The zero-order valence-corrected chi connectivity index (χ0v) is 15.1. The molecule has 118 valence electrons. The molecule has 5 heteroatoms. The van der Waals surface area contributed by atoms with Crippen molar-refractivity contribution in [1.82, 2.24) is 9.80 Å². The number of nitrogens with zero attached hydrogens (tertiary/aromatic N) is 2. The van der Waals surface area contributed by atoms with Crippen LogP contribution in [0.25, 0.3) is 0 Å². The summed E-state index contributed by atoms with van der Waals surface area (Å²) in [5, 5.41) is 0. The number of likely N-dealkylation sites (N-methyl/N-ethyl adjacent to an activating group) is 2.